The van der Waals surface area contributed by atoms with Crippen LogP contribution in [0.1, 0.15) is 18.5 Å². The highest BCUT2D eigenvalue weighted by atomic mass is 32.1. The van der Waals surface area contributed by atoms with E-state index in [-0.39, 0.29) is 0 Å². The third kappa shape index (κ3) is 2.07. The van der Waals surface area contributed by atoms with E-state index in [1.165, 1.54) is 18.5 Å². The lowest BCUT2D eigenvalue weighted by Crippen LogP contribution is -2.22. The number of aryl methyl sites for hydroxylation is 1. The minimum atomic E-state index is 0.630. The third-order valence-electron chi connectivity index (χ3n) is 2.77. The van der Waals surface area contributed by atoms with E-state index in [0.29, 0.717) is 5.92 Å². The minimum absolute atomic E-state index is 0.630. The highest BCUT2D eigenvalue weighted by Gasteiger charge is 2.15. The van der Waals surface area contributed by atoms with Crippen LogP contribution in [0.4, 0.5) is 0 Å². The molecule has 1 fully saturated rings. The van der Waals surface area contributed by atoms with Crippen LogP contribution in [0.2, 0.25) is 0 Å². The largest absolute Gasteiger partial charge is 0.381 e. The van der Waals surface area contributed by atoms with Gasteiger partial charge in [-0.3, -0.25) is 0 Å². The van der Waals surface area contributed by atoms with Gasteiger partial charge in [0.2, 0.25) is 0 Å². The van der Waals surface area contributed by atoms with Crippen molar-refractivity contribution in [2.75, 3.05) is 13.2 Å². The molecule has 3 nitrogen and oxygen atoms in total. The summed E-state index contributed by atoms with van der Waals surface area (Å²) in [7, 11) is 0. The molecule has 1 aromatic rings. The molecule has 0 bridgehead atoms. The molecule has 1 saturated heterocycles. The highest BCUT2D eigenvalue weighted by Crippen LogP contribution is 2.16. The van der Waals surface area contributed by atoms with Gasteiger partial charge < -0.3 is 14.3 Å². The Labute approximate surface area is 89.1 Å². The summed E-state index contributed by atoms with van der Waals surface area (Å²) in [5, 5.41) is 0. The second-order valence-corrected chi connectivity index (χ2v) is 4.32. The first-order valence-electron chi connectivity index (χ1n) is 5.10. The Morgan fingerprint density at radius 1 is 1.71 bits per heavy atom. The van der Waals surface area contributed by atoms with Crippen LogP contribution in [0.5, 0.6) is 0 Å². The average Bonchev–Trinajstić information content (AvgIpc) is 2.51. The van der Waals surface area contributed by atoms with Gasteiger partial charge in [0.25, 0.3) is 0 Å². The highest BCUT2D eigenvalue weighted by molar-refractivity contribution is 7.71. The zero-order valence-electron chi connectivity index (χ0n) is 8.45. The van der Waals surface area contributed by atoms with E-state index >= 15 is 0 Å². The third-order valence-corrected chi connectivity index (χ3v) is 3.11. The molecule has 0 aromatic carbocycles. The molecule has 4 heteroatoms. The van der Waals surface area contributed by atoms with E-state index in [9.17, 15) is 0 Å². The number of aromatic amines is 1. The molecule has 1 N–H and O–H groups in total. The number of hydrogen-bond donors (Lipinski definition) is 1. The fraction of sp³-hybridized carbons (Fsp3) is 0.700. The van der Waals surface area contributed by atoms with Crippen molar-refractivity contribution in [1.82, 2.24) is 9.55 Å². The standard InChI is InChI=1S/C10H16N2OS/c1-8-5-11-10(14)12(8)6-9-3-2-4-13-7-9/h5,9H,2-4,6-7H2,1H3,(H,11,14). The molecule has 0 saturated carbocycles. The van der Waals surface area contributed by atoms with Gasteiger partial charge in [-0.2, -0.15) is 0 Å². The first kappa shape index (κ1) is 9.93. The van der Waals surface area contributed by atoms with Crippen molar-refractivity contribution < 1.29 is 4.74 Å². The van der Waals surface area contributed by atoms with E-state index in [4.69, 9.17) is 17.0 Å². The van der Waals surface area contributed by atoms with Crippen LogP contribution in [-0.4, -0.2) is 22.8 Å². The van der Waals surface area contributed by atoms with E-state index < -0.39 is 0 Å². The number of ether oxygens (including phenoxy) is 1. The Morgan fingerprint density at radius 2 is 2.57 bits per heavy atom. The summed E-state index contributed by atoms with van der Waals surface area (Å²) < 4.78 is 8.44. The lowest BCUT2D eigenvalue weighted by Gasteiger charge is -2.22. The Morgan fingerprint density at radius 3 is 3.14 bits per heavy atom. The summed E-state index contributed by atoms with van der Waals surface area (Å²) in [6.07, 6.45) is 4.40. The molecule has 1 aliphatic rings. The van der Waals surface area contributed by atoms with Crippen molar-refractivity contribution in [3.63, 3.8) is 0 Å². The van der Waals surface area contributed by atoms with Crippen molar-refractivity contribution in [3.05, 3.63) is 16.7 Å². The second kappa shape index (κ2) is 4.28. The van der Waals surface area contributed by atoms with E-state index in [1.807, 2.05) is 6.20 Å². The summed E-state index contributed by atoms with van der Waals surface area (Å²) in [6, 6.07) is 0. The first-order chi connectivity index (χ1) is 6.77. The van der Waals surface area contributed by atoms with Crippen molar-refractivity contribution in [2.45, 2.75) is 26.3 Å². The minimum Gasteiger partial charge on any atom is -0.381 e. The van der Waals surface area contributed by atoms with Crippen LogP contribution in [-0.2, 0) is 11.3 Å². The maximum absolute atomic E-state index is 5.45. The lowest BCUT2D eigenvalue weighted by molar-refractivity contribution is 0.0480. The van der Waals surface area contributed by atoms with Crippen LogP contribution >= 0.6 is 12.2 Å². The normalized spacial score (nSPS) is 22.5. The van der Waals surface area contributed by atoms with Gasteiger partial charge in [0, 0.05) is 31.0 Å². The molecule has 1 atom stereocenters. The monoisotopic (exact) mass is 212 g/mol. The van der Waals surface area contributed by atoms with Gasteiger partial charge in [-0.1, -0.05) is 0 Å². The number of hydrogen-bond acceptors (Lipinski definition) is 2. The quantitative estimate of drug-likeness (QED) is 0.762. The molecule has 78 valence electrons. The van der Waals surface area contributed by atoms with Crippen LogP contribution in [0.15, 0.2) is 6.20 Å². The average molecular weight is 212 g/mol. The maximum atomic E-state index is 5.45. The first-order valence-corrected chi connectivity index (χ1v) is 5.51. The molecule has 2 heterocycles. The molecule has 1 unspecified atom stereocenters. The lowest BCUT2D eigenvalue weighted by atomic mass is 10.0. The van der Waals surface area contributed by atoms with Crippen molar-refractivity contribution in [3.8, 4) is 0 Å². The summed E-state index contributed by atoms with van der Waals surface area (Å²) in [6.45, 7) is 4.88. The smallest absolute Gasteiger partial charge is 0.177 e. The van der Waals surface area contributed by atoms with Crippen LogP contribution in [0, 0.1) is 17.6 Å². The zero-order valence-corrected chi connectivity index (χ0v) is 9.27. The number of H-pyrrole nitrogens is 1. The predicted octanol–water partition coefficient (Wildman–Crippen LogP) is 2.28. The van der Waals surface area contributed by atoms with Gasteiger partial charge in [-0.15, -0.1) is 0 Å². The Balaban J connectivity index is 2.06. The van der Waals surface area contributed by atoms with Gasteiger partial charge in [0.05, 0.1) is 6.61 Å². The van der Waals surface area contributed by atoms with Gasteiger partial charge in [0.1, 0.15) is 0 Å². The molecular weight excluding hydrogens is 196 g/mol. The molecule has 14 heavy (non-hydrogen) atoms. The molecule has 1 aliphatic heterocycles. The summed E-state index contributed by atoms with van der Waals surface area (Å²) in [5.74, 6) is 0.630. The number of aromatic nitrogens is 2. The number of rotatable bonds is 2. The Bertz CT molecular complexity index is 349. The SMILES string of the molecule is Cc1c[nH]c(=S)n1CC1CCCOC1. The Kier molecular flexibility index (Phi) is 3.03. The summed E-state index contributed by atoms with van der Waals surface area (Å²) in [4.78, 5) is 3.06. The van der Waals surface area contributed by atoms with Crippen molar-refractivity contribution >= 4 is 12.2 Å². The topological polar surface area (TPSA) is 29.9 Å². The van der Waals surface area contributed by atoms with E-state index in [2.05, 4.69) is 16.5 Å². The predicted molar refractivity (Wildman–Crippen MR) is 57.9 cm³/mol. The maximum Gasteiger partial charge on any atom is 0.177 e. The summed E-state index contributed by atoms with van der Waals surface area (Å²) in [5.41, 5.74) is 1.21. The Hall–Kier alpha value is -0.610. The number of nitrogens with one attached hydrogen (secondary N) is 1. The molecule has 0 aliphatic carbocycles. The molecule has 0 radical (unpaired) electrons. The van der Waals surface area contributed by atoms with Gasteiger partial charge in [-0.05, 0) is 32.0 Å². The molecule has 0 spiro atoms. The van der Waals surface area contributed by atoms with Crippen LogP contribution in [0.3, 0.4) is 0 Å². The van der Waals surface area contributed by atoms with Gasteiger partial charge >= 0.3 is 0 Å². The fourth-order valence-electron chi connectivity index (χ4n) is 1.92. The fourth-order valence-corrected chi connectivity index (χ4v) is 2.20. The molecule has 2 rings (SSSR count). The van der Waals surface area contributed by atoms with Crippen LogP contribution in [0.25, 0.3) is 0 Å². The van der Waals surface area contributed by atoms with Crippen molar-refractivity contribution in [1.29, 1.82) is 0 Å². The van der Waals surface area contributed by atoms with Gasteiger partial charge in [0.15, 0.2) is 4.77 Å². The van der Waals surface area contributed by atoms with Gasteiger partial charge in [-0.25, -0.2) is 0 Å². The van der Waals surface area contributed by atoms with E-state index in [1.54, 1.807) is 0 Å². The molecular formula is C10H16N2OS. The zero-order chi connectivity index (χ0) is 9.97. The number of imidazole rings is 1. The molecule has 1 aromatic heterocycles. The summed E-state index contributed by atoms with van der Waals surface area (Å²) >= 11 is 5.21. The van der Waals surface area contributed by atoms with Crippen LogP contribution < -0.4 is 0 Å². The number of nitrogens with zero attached hydrogens (tertiary/aromatic N) is 1. The second-order valence-electron chi connectivity index (χ2n) is 3.93. The van der Waals surface area contributed by atoms with Crippen molar-refractivity contribution in [2.24, 2.45) is 5.92 Å². The molecule has 0 amide bonds. The van der Waals surface area contributed by atoms with E-state index in [0.717, 1.165) is 24.5 Å².